The number of rotatable bonds is 3. The van der Waals surface area contributed by atoms with Gasteiger partial charge >= 0.3 is 6.09 Å². The van der Waals surface area contributed by atoms with Crippen molar-refractivity contribution in [3.8, 4) is 0 Å². The van der Waals surface area contributed by atoms with Crippen LogP contribution in [0.2, 0.25) is 0 Å². The molecule has 1 atom stereocenters. The van der Waals surface area contributed by atoms with E-state index in [1.54, 1.807) is 4.90 Å². The smallest absolute Gasteiger partial charge is 0.410 e. The zero-order valence-electron chi connectivity index (χ0n) is 8.91. The lowest BCUT2D eigenvalue weighted by molar-refractivity contribution is 0.0717. The highest BCUT2D eigenvalue weighted by Gasteiger charge is 2.33. The Balaban J connectivity index is 2.36. The lowest BCUT2D eigenvalue weighted by Gasteiger charge is -2.25. The molecule has 0 aliphatic heterocycles. The van der Waals surface area contributed by atoms with Crippen molar-refractivity contribution >= 4 is 6.09 Å². The molecule has 0 spiro atoms. The summed E-state index contributed by atoms with van der Waals surface area (Å²) in [5.74, 6) is 0.699. The first-order valence-electron chi connectivity index (χ1n) is 4.95. The maximum Gasteiger partial charge on any atom is 0.410 e. The highest BCUT2D eigenvalue weighted by Crippen LogP contribution is 2.34. The number of ether oxygens (including phenoxy) is 1. The SMILES string of the molecule is CC(C)OC(=O)N(C)C(C)C1CC1. The van der Waals surface area contributed by atoms with Crippen LogP contribution in [0, 0.1) is 5.92 Å². The molecule has 1 aliphatic rings. The number of carbonyl (C=O) groups is 1. The fraction of sp³-hybridized carbons (Fsp3) is 0.900. The van der Waals surface area contributed by atoms with Gasteiger partial charge in [0.15, 0.2) is 0 Å². The van der Waals surface area contributed by atoms with Crippen molar-refractivity contribution in [1.29, 1.82) is 0 Å². The lowest BCUT2D eigenvalue weighted by Crippen LogP contribution is -2.37. The van der Waals surface area contributed by atoms with E-state index in [4.69, 9.17) is 4.74 Å². The molecule has 1 fully saturated rings. The minimum atomic E-state index is -0.200. The van der Waals surface area contributed by atoms with Gasteiger partial charge in [-0.3, -0.25) is 0 Å². The quantitative estimate of drug-likeness (QED) is 0.675. The zero-order chi connectivity index (χ0) is 10.0. The third-order valence-corrected chi connectivity index (χ3v) is 2.54. The van der Waals surface area contributed by atoms with Gasteiger partial charge < -0.3 is 9.64 Å². The minimum Gasteiger partial charge on any atom is -0.447 e. The lowest BCUT2D eigenvalue weighted by atomic mass is 10.2. The second kappa shape index (κ2) is 3.99. The van der Waals surface area contributed by atoms with Crippen LogP contribution in [0.25, 0.3) is 0 Å². The van der Waals surface area contributed by atoms with E-state index in [1.165, 1.54) is 12.8 Å². The van der Waals surface area contributed by atoms with Gasteiger partial charge in [0, 0.05) is 13.1 Å². The molecule has 13 heavy (non-hydrogen) atoms. The summed E-state index contributed by atoms with van der Waals surface area (Å²) >= 11 is 0. The Bertz CT molecular complexity index is 187. The van der Waals surface area contributed by atoms with E-state index in [0.717, 1.165) is 0 Å². The third kappa shape index (κ3) is 2.90. The molecular formula is C10H19NO2. The molecule has 0 saturated heterocycles. The van der Waals surface area contributed by atoms with Crippen molar-refractivity contribution in [2.45, 2.75) is 45.8 Å². The van der Waals surface area contributed by atoms with Gasteiger partial charge in [-0.05, 0) is 39.5 Å². The minimum absolute atomic E-state index is 0.0265. The highest BCUT2D eigenvalue weighted by molar-refractivity contribution is 5.67. The van der Waals surface area contributed by atoms with Crippen LogP contribution in [0.5, 0.6) is 0 Å². The van der Waals surface area contributed by atoms with Crippen LogP contribution in [-0.4, -0.2) is 30.2 Å². The van der Waals surface area contributed by atoms with Crippen molar-refractivity contribution in [2.24, 2.45) is 5.92 Å². The van der Waals surface area contributed by atoms with Crippen molar-refractivity contribution in [2.75, 3.05) is 7.05 Å². The first kappa shape index (κ1) is 10.4. The van der Waals surface area contributed by atoms with Crippen molar-refractivity contribution < 1.29 is 9.53 Å². The molecule has 76 valence electrons. The molecule has 0 aromatic rings. The molecule has 0 radical (unpaired) electrons. The number of hydrogen-bond donors (Lipinski definition) is 0. The largest absolute Gasteiger partial charge is 0.447 e. The Morgan fingerprint density at radius 3 is 2.31 bits per heavy atom. The molecule has 0 N–H and O–H groups in total. The van der Waals surface area contributed by atoms with Crippen LogP contribution in [0.15, 0.2) is 0 Å². The summed E-state index contributed by atoms with van der Waals surface area (Å²) in [4.78, 5) is 13.1. The van der Waals surface area contributed by atoms with Crippen molar-refractivity contribution in [1.82, 2.24) is 4.90 Å². The summed E-state index contributed by atoms with van der Waals surface area (Å²) in [5, 5.41) is 0. The van der Waals surface area contributed by atoms with Crippen LogP contribution in [0.3, 0.4) is 0 Å². The van der Waals surface area contributed by atoms with Crippen LogP contribution < -0.4 is 0 Å². The van der Waals surface area contributed by atoms with E-state index in [2.05, 4.69) is 6.92 Å². The molecule has 0 heterocycles. The molecule has 0 aromatic heterocycles. The Kier molecular flexibility index (Phi) is 3.17. The highest BCUT2D eigenvalue weighted by atomic mass is 16.6. The number of amides is 1. The van der Waals surface area contributed by atoms with Crippen LogP contribution >= 0.6 is 0 Å². The first-order valence-corrected chi connectivity index (χ1v) is 4.95. The normalized spacial score (nSPS) is 18.5. The van der Waals surface area contributed by atoms with E-state index in [1.807, 2.05) is 20.9 Å². The number of nitrogens with zero attached hydrogens (tertiary/aromatic N) is 1. The zero-order valence-corrected chi connectivity index (χ0v) is 8.91. The van der Waals surface area contributed by atoms with Gasteiger partial charge in [0.05, 0.1) is 6.10 Å². The van der Waals surface area contributed by atoms with E-state index < -0.39 is 0 Å². The van der Waals surface area contributed by atoms with Gasteiger partial charge in [-0.25, -0.2) is 4.79 Å². The van der Waals surface area contributed by atoms with E-state index in [0.29, 0.717) is 12.0 Å². The fourth-order valence-electron chi connectivity index (χ4n) is 1.35. The summed E-state index contributed by atoms with van der Waals surface area (Å²) in [7, 11) is 1.81. The van der Waals surface area contributed by atoms with Crippen molar-refractivity contribution in [3.05, 3.63) is 0 Å². The second-order valence-corrected chi connectivity index (χ2v) is 4.12. The van der Waals surface area contributed by atoms with Gasteiger partial charge in [0.2, 0.25) is 0 Å². The molecule has 1 unspecified atom stereocenters. The summed E-state index contributed by atoms with van der Waals surface area (Å²) in [6, 6.07) is 0.325. The summed E-state index contributed by atoms with van der Waals surface area (Å²) < 4.78 is 5.10. The second-order valence-electron chi connectivity index (χ2n) is 4.12. The molecule has 1 amide bonds. The number of carbonyl (C=O) groups excluding carboxylic acids is 1. The van der Waals surface area contributed by atoms with Gasteiger partial charge in [0.1, 0.15) is 0 Å². The summed E-state index contributed by atoms with van der Waals surface area (Å²) in [6.07, 6.45) is 2.27. The average Bonchev–Trinajstić information content (AvgIpc) is 2.82. The monoisotopic (exact) mass is 185 g/mol. The molecule has 1 saturated carbocycles. The standard InChI is InChI=1S/C10H19NO2/c1-7(2)13-10(12)11(4)8(3)9-5-6-9/h7-9H,5-6H2,1-4H3. The molecule has 0 bridgehead atoms. The molecule has 3 nitrogen and oxygen atoms in total. The predicted molar refractivity (Wildman–Crippen MR) is 51.6 cm³/mol. The Morgan fingerprint density at radius 1 is 1.38 bits per heavy atom. The van der Waals surface area contributed by atoms with Crippen LogP contribution in [0.4, 0.5) is 4.79 Å². The topological polar surface area (TPSA) is 29.5 Å². The first-order chi connectivity index (χ1) is 6.02. The Labute approximate surface area is 80.1 Å². The predicted octanol–water partition coefficient (Wildman–Crippen LogP) is 2.26. The van der Waals surface area contributed by atoms with Crippen LogP contribution in [-0.2, 0) is 4.74 Å². The van der Waals surface area contributed by atoms with Gasteiger partial charge in [0.25, 0.3) is 0 Å². The van der Waals surface area contributed by atoms with E-state index in [-0.39, 0.29) is 12.2 Å². The van der Waals surface area contributed by atoms with E-state index >= 15 is 0 Å². The van der Waals surface area contributed by atoms with Gasteiger partial charge in [-0.2, -0.15) is 0 Å². The summed E-state index contributed by atoms with van der Waals surface area (Å²) in [5.41, 5.74) is 0. The number of hydrogen-bond acceptors (Lipinski definition) is 2. The third-order valence-electron chi connectivity index (χ3n) is 2.54. The Hall–Kier alpha value is -0.730. The fourth-order valence-corrected chi connectivity index (χ4v) is 1.35. The van der Waals surface area contributed by atoms with Crippen molar-refractivity contribution in [3.63, 3.8) is 0 Å². The molecule has 1 aliphatic carbocycles. The maximum atomic E-state index is 11.4. The average molecular weight is 185 g/mol. The Morgan fingerprint density at radius 2 is 1.92 bits per heavy atom. The maximum absolute atomic E-state index is 11.4. The summed E-state index contributed by atoms with van der Waals surface area (Å²) in [6.45, 7) is 5.82. The van der Waals surface area contributed by atoms with Crippen LogP contribution in [0.1, 0.15) is 33.6 Å². The van der Waals surface area contributed by atoms with E-state index in [9.17, 15) is 4.79 Å². The molecule has 3 heteroatoms. The molecular weight excluding hydrogens is 166 g/mol. The van der Waals surface area contributed by atoms with Gasteiger partial charge in [-0.15, -0.1) is 0 Å². The molecule has 0 aromatic carbocycles. The van der Waals surface area contributed by atoms with Gasteiger partial charge in [-0.1, -0.05) is 0 Å². The molecule has 1 rings (SSSR count).